The molecule has 4 nitrogen and oxygen atoms in total. The normalized spacial score (nSPS) is 21.8. The summed E-state index contributed by atoms with van der Waals surface area (Å²) in [5, 5.41) is 3.35. The first-order chi connectivity index (χ1) is 7.40. The summed E-state index contributed by atoms with van der Waals surface area (Å²) in [5.41, 5.74) is 1.30. The summed E-state index contributed by atoms with van der Waals surface area (Å²) >= 11 is 0. The first-order valence-corrected chi connectivity index (χ1v) is 5.33. The molecule has 0 amide bonds. The van der Waals surface area contributed by atoms with Crippen molar-refractivity contribution >= 4 is 5.90 Å². The van der Waals surface area contributed by atoms with Gasteiger partial charge in [0.05, 0.1) is 7.11 Å². The van der Waals surface area contributed by atoms with Crippen LogP contribution in [0.2, 0.25) is 0 Å². The number of aliphatic imine (C=N–C) groups is 1. The Balaban J connectivity index is 2.09. The lowest BCUT2D eigenvalue weighted by atomic mass is 10.2. The first-order valence-electron chi connectivity index (χ1n) is 5.33. The summed E-state index contributed by atoms with van der Waals surface area (Å²) in [6.07, 6.45) is 6.85. The molecule has 0 atom stereocenters. The fourth-order valence-electron chi connectivity index (χ4n) is 1.82. The Morgan fingerprint density at radius 2 is 2.20 bits per heavy atom. The quantitative estimate of drug-likeness (QED) is 0.689. The monoisotopic (exact) mass is 207 g/mol. The van der Waals surface area contributed by atoms with Crippen molar-refractivity contribution in [1.29, 1.82) is 0 Å². The number of nitrogens with one attached hydrogen (secondary N) is 1. The molecule has 0 saturated carbocycles. The molecule has 1 saturated heterocycles. The second-order valence-electron chi connectivity index (χ2n) is 3.63. The predicted octanol–water partition coefficient (Wildman–Crippen LogP) is 0.738. The fraction of sp³-hybridized carbons (Fsp3) is 0.545. The predicted molar refractivity (Wildman–Crippen MR) is 60.7 cm³/mol. The molecule has 0 spiro atoms. The van der Waals surface area contributed by atoms with Crippen molar-refractivity contribution in [3.63, 3.8) is 0 Å². The van der Waals surface area contributed by atoms with Crippen LogP contribution in [0, 0.1) is 0 Å². The molecule has 2 aliphatic rings. The minimum Gasteiger partial charge on any atom is -0.481 e. The summed E-state index contributed by atoms with van der Waals surface area (Å²) < 4.78 is 5.17. The van der Waals surface area contributed by atoms with E-state index < -0.39 is 0 Å². The summed E-state index contributed by atoms with van der Waals surface area (Å²) in [7, 11) is 1.66. The Hall–Kier alpha value is -1.29. The van der Waals surface area contributed by atoms with Gasteiger partial charge < -0.3 is 15.0 Å². The van der Waals surface area contributed by atoms with Crippen molar-refractivity contribution in [3.8, 4) is 0 Å². The molecule has 0 aromatic carbocycles. The third kappa shape index (κ3) is 2.59. The first kappa shape index (κ1) is 10.2. The van der Waals surface area contributed by atoms with Gasteiger partial charge in [0.1, 0.15) is 0 Å². The number of hydrogen-bond acceptors (Lipinski definition) is 4. The minimum absolute atomic E-state index is 0.692. The minimum atomic E-state index is 0.692. The Labute approximate surface area is 90.3 Å². The van der Waals surface area contributed by atoms with Crippen LogP contribution in [-0.4, -0.2) is 44.1 Å². The van der Waals surface area contributed by atoms with Crippen LogP contribution in [0.25, 0.3) is 0 Å². The van der Waals surface area contributed by atoms with Gasteiger partial charge in [0.25, 0.3) is 0 Å². The molecule has 2 aliphatic heterocycles. The largest absolute Gasteiger partial charge is 0.481 e. The number of rotatable bonds is 1. The van der Waals surface area contributed by atoms with Crippen molar-refractivity contribution in [2.45, 2.75) is 6.42 Å². The zero-order valence-electron chi connectivity index (χ0n) is 9.07. The molecule has 82 valence electrons. The molecule has 0 aliphatic carbocycles. The summed E-state index contributed by atoms with van der Waals surface area (Å²) in [4.78, 5) is 6.57. The van der Waals surface area contributed by atoms with E-state index in [2.05, 4.69) is 21.3 Å². The van der Waals surface area contributed by atoms with Gasteiger partial charge in [-0.25, -0.2) is 4.99 Å². The number of piperazine rings is 1. The van der Waals surface area contributed by atoms with Gasteiger partial charge in [-0.1, -0.05) is 6.08 Å². The molecule has 0 aromatic heterocycles. The van der Waals surface area contributed by atoms with E-state index in [0.29, 0.717) is 5.90 Å². The van der Waals surface area contributed by atoms with Crippen molar-refractivity contribution in [2.24, 2.45) is 4.99 Å². The van der Waals surface area contributed by atoms with Crippen LogP contribution in [0.5, 0.6) is 0 Å². The van der Waals surface area contributed by atoms with Crippen LogP contribution < -0.4 is 5.32 Å². The van der Waals surface area contributed by atoms with E-state index >= 15 is 0 Å². The smallest absolute Gasteiger partial charge is 0.214 e. The third-order valence-electron chi connectivity index (χ3n) is 2.66. The van der Waals surface area contributed by atoms with Gasteiger partial charge in [-0.3, -0.25) is 0 Å². The van der Waals surface area contributed by atoms with Crippen LogP contribution in [0.3, 0.4) is 0 Å². The highest BCUT2D eigenvalue weighted by Gasteiger charge is 2.13. The topological polar surface area (TPSA) is 36.9 Å². The van der Waals surface area contributed by atoms with E-state index in [-0.39, 0.29) is 0 Å². The number of ether oxygens (including phenoxy) is 1. The molecule has 1 fully saturated rings. The van der Waals surface area contributed by atoms with Crippen LogP contribution >= 0.6 is 0 Å². The van der Waals surface area contributed by atoms with Gasteiger partial charge in [-0.2, -0.15) is 0 Å². The van der Waals surface area contributed by atoms with Crippen molar-refractivity contribution in [3.05, 3.63) is 24.0 Å². The fourth-order valence-corrected chi connectivity index (χ4v) is 1.82. The molecule has 1 N–H and O–H groups in total. The van der Waals surface area contributed by atoms with Gasteiger partial charge in [-0.15, -0.1) is 0 Å². The summed E-state index contributed by atoms with van der Waals surface area (Å²) in [6, 6.07) is 0. The highest BCUT2D eigenvalue weighted by molar-refractivity contribution is 5.89. The van der Waals surface area contributed by atoms with Crippen molar-refractivity contribution in [2.75, 3.05) is 33.3 Å². The number of nitrogens with zero attached hydrogens (tertiary/aromatic N) is 2. The standard InChI is InChI=1S/C11H17N3O/c1-15-11-9-10(3-2-4-13-11)14-7-5-12-6-8-14/h2,4,9,12H,3,5-8H2,1H3. The maximum Gasteiger partial charge on any atom is 0.214 e. The molecule has 0 radical (unpaired) electrons. The Kier molecular flexibility index (Phi) is 3.40. The second kappa shape index (κ2) is 4.98. The van der Waals surface area contributed by atoms with Gasteiger partial charge in [0.2, 0.25) is 5.90 Å². The van der Waals surface area contributed by atoms with E-state index in [1.165, 1.54) is 5.70 Å². The van der Waals surface area contributed by atoms with Crippen LogP contribution in [0.1, 0.15) is 6.42 Å². The van der Waals surface area contributed by atoms with E-state index in [1.807, 2.05) is 12.3 Å². The zero-order chi connectivity index (χ0) is 10.5. The summed E-state index contributed by atoms with van der Waals surface area (Å²) in [6.45, 7) is 4.24. The van der Waals surface area contributed by atoms with Gasteiger partial charge in [-0.05, 0) is 0 Å². The highest BCUT2D eigenvalue weighted by atomic mass is 16.5. The van der Waals surface area contributed by atoms with Gasteiger partial charge in [0.15, 0.2) is 0 Å². The van der Waals surface area contributed by atoms with Crippen LogP contribution in [-0.2, 0) is 4.74 Å². The molecule has 15 heavy (non-hydrogen) atoms. The lowest BCUT2D eigenvalue weighted by Gasteiger charge is -2.31. The average Bonchev–Trinajstić information content (AvgIpc) is 2.55. The molecule has 0 unspecified atom stereocenters. The number of methoxy groups -OCH3 is 1. The third-order valence-corrected chi connectivity index (χ3v) is 2.66. The zero-order valence-corrected chi connectivity index (χ0v) is 9.07. The maximum absolute atomic E-state index is 5.17. The van der Waals surface area contributed by atoms with Gasteiger partial charge >= 0.3 is 0 Å². The lowest BCUT2D eigenvalue weighted by molar-refractivity contribution is 0.294. The molecule has 2 rings (SSSR count). The summed E-state index contributed by atoms with van der Waals surface area (Å²) in [5.74, 6) is 0.692. The van der Waals surface area contributed by atoms with Crippen LogP contribution in [0.4, 0.5) is 0 Å². The van der Waals surface area contributed by atoms with E-state index in [0.717, 1.165) is 32.6 Å². The Morgan fingerprint density at radius 3 is 2.93 bits per heavy atom. The van der Waals surface area contributed by atoms with Crippen molar-refractivity contribution < 1.29 is 4.74 Å². The van der Waals surface area contributed by atoms with Crippen LogP contribution in [0.15, 0.2) is 29.0 Å². The average molecular weight is 207 g/mol. The Bertz CT molecular complexity index is 301. The van der Waals surface area contributed by atoms with E-state index in [9.17, 15) is 0 Å². The highest BCUT2D eigenvalue weighted by Crippen LogP contribution is 2.13. The molecule has 4 heteroatoms. The number of allylic oxidation sites excluding steroid dienone is 1. The Morgan fingerprint density at radius 1 is 1.40 bits per heavy atom. The van der Waals surface area contributed by atoms with E-state index in [1.54, 1.807) is 7.11 Å². The number of hydrogen-bond donors (Lipinski definition) is 1. The van der Waals surface area contributed by atoms with Crippen molar-refractivity contribution in [1.82, 2.24) is 10.2 Å². The lowest BCUT2D eigenvalue weighted by Crippen LogP contribution is -2.42. The molecule has 0 bridgehead atoms. The maximum atomic E-state index is 5.17. The van der Waals surface area contributed by atoms with Gasteiger partial charge in [0, 0.05) is 50.6 Å². The molecular formula is C11H17N3O. The molecule has 0 aromatic rings. The SMILES string of the molecule is COC1=NC=CCC(N2CCNCC2)=C1. The second-order valence-corrected chi connectivity index (χ2v) is 3.63. The van der Waals surface area contributed by atoms with E-state index in [4.69, 9.17) is 4.74 Å². The molecule has 2 heterocycles. The molecular weight excluding hydrogens is 190 g/mol.